The van der Waals surface area contributed by atoms with Crippen molar-refractivity contribution in [1.29, 1.82) is 0 Å². The van der Waals surface area contributed by atoms with E-state index < -0.39 is 24.4 Å². The molecule has 2 heterocycles. The van der Waals surface area contributed by atoms with Crippen LogP contribution < -0.4 is 20.1 Å². The monoisotopic (exact) mass is 320 g/mol. The molecule has 2 amide bonds. The molecular weight excluding hydrogens is 304 g/mol. The Morgan fingerprint density at radius 2 is 2.00 bits per heavy atom. The van der Waals surface area contributed by atoms with Gasteiger partial charge in [0.1, 0.15) is 13.2 Å². The van der Waals surface area contributed by atoms with Gasteiger partial charge in [0.15, 0.2) is 18.1 Å². The fraction of sp³-hybridized carbons (Fsp3) is 0.400. The lowest BCUT2D eigenvalue weighted by Crippen LogP contribution is -2.28. The molecule has 0 saturated carbocycles. The van der Waals surface area contributed by atoms with E-state index in [1.165, 1.54) is 4.90 Å². The van der Waals surface area contributed by atoms with E-state index in [1.54, 1.807) is 18.2 Å². The second-order valence-corrected chi connectivity index (χ2v) is 5.31. The molecule has 0 bridgehead atoms. The van der Waals surface area contributed by atoms with E-state index in [4.69, 9.17) is 19.9 Å². The molecule has 1 fully saturated rings. The van der Waals surface area contributed by atoms with Crippen molar-refractivity contribution in [2.24, 2.45) is 11.7 Å². The second kappa shape index (κ2) is 6.15. The first-order valence-corrected chi connectivity index (χ1v) is 7.19. The van der Waals surface area contributed by atoms with Crippen LogP contribution in [0.2, 0.25) is 0 Å². The number of amides is 2. The van der Waals surface area contributed by atoms with Gasteiger partial charge < -0.3 is 24.8 Å². The lowest BCUT2D eigenvalue weighted by molar-refractivity contribution is -0.151. The number of ether oxygens (including phenoxy) is 3. The van der Waals surface area contributed by atoms with Crippen molar-refractivity contribution in [2.75, 3.05) is 31.3 Å². The minimum absolute atomic E-state index is 0.0338. The fourth-order valence-electron chi connectivity index (χ4n) is 2.58. The molecule has 23 heavy (non-hydrogen) atoms. The number of benzene rings is 1. The Hall–Kier alpha value is -2.77. The van der Waals surface area contributed by atoms with Crippen LogP contribution in [0.25, 0.3) is 0 Å². The highest BCUT2D eigenvalue weighted by Crippen LogP contribution is 2.36. The average Bonchev–Trinajstić information content (AvgIpc) is 2.94. The molecule has 3 rings (SSSR count). The number of rotatable bonds is 4. The van der Waals surface area contributed by atoms with Crippen molar-refractivity contribution in [1.82, 2.24) is 0 Å². The summed E-state index contributed by atoms with van der Waals surface area (Å²) in [6.45, 7) is 0.652. The molecule has 1 aromatic rings. The minimum Gasteiger partial charge on any atom is -0.486 e. The molecular formula is C15H16N2O6. The normalized spacial score (nSPS) is 19.6. The number of primary amides is 1. The summed E-state index contributed by atoms with van der Waals surface area (Å²) in [5.74, 6) is -0.938. The number of carbonyl (C=O) groups is 3. The quantitative estimate of drug-likeness (QED) is 0.772. The molecule has 8 heteroatoms. The highest BCUT2D eigenvalue weighted by molar-refractivity contribution is 5.99. The first-order chi connectivity index (χ1) is 11.0. The van der Waals surface area contributed by atoms with Gasteiger partial charge in [0.25, 0.3) is 5.91 Å². The van der Waals surface area contributed by atoms with E-state index in [0.29, 0.717) is 30.4 Å². The van der Waals surface area contributed by atoms with Gasteiger partial charge in [-0.3, -0.25) is 14.4 Å². The molecule has 0 aromatic heterocycles. The lowest BCUT2D eigenvalue weighted by atomic mass is 10.1. The van der Waals surface area contributed by atoms with Gasteiger partial charge in [0.05, 0.1) is 5.92 Å². The zero-order valence-electron chi connectivity index (χ0n) is 12.3. The van der Waals surface area contributed by atoms with E-state index in [-0.39, 0.29) is 18.9 Å². The third-order valence-electron chi connectivity index (χ3n) is 3.65. The first kappa shape index (κ1) is 15.1. The molecule has 0 unspecified atom stereocenters. The molecule has 122 valence electrons. The summed E-state index contributed by atoms with van der Waals surface area (Å²) in [6, 6.07) is 5.18. The summed E-state index contributed by atoms with van der Waals surface area (Å²) in [6.07, 6.45) is 0.0338. The highest BCUT2D eigenvalue weighted by Gasteiger charge is 2.36. The molecule has 1 aromatic carbocycles. The second-order valence-electron chi connectivity index (χ2n) is 5.31. The van der Waals surface area contributed by atoms with Crippen molar-refractivity contribution in [3.8, 4) is 11.5 Å². The molecule has 2 aliphatic heterocycles. The number of fused-ring (bicyclic) bond motifs is 1. The van der Waals surface area contributed by atoms with Gasteiger partial charge in [-0.15, -0.1) is 0 Å². The Balaban J connectivity index is 1.70. The standard InChI is InChI=1S/C15H16N2O6/c16-13(18)8-23-15(20)9-5-14(19)17(7-9)10-1-2-11-12(6-10)22-4-3-21-11/h1-2,6,9H,3-5,7-8H2,(H2,16,18)/t9-/m0/s1. The predicted octanol–water partition coefficient (Wildman–Crippen LogP) is -0.161. The van der Waals surface area contributed by atoms with E-state index in [2.05, 4.69) is 0 Å². The van der Waals surface area contributed by atoms with Gasteiger partial charge >= 0.3 is 5.97 Å². The Labute approximate surface area is 132 Å². The SMILES string of the molecule is NC(=O)COC(=O)[C@H]1CC(=O)N(c2ccc3c(c2)OCCO3)C1. The molecule has 2 aliphatic rings. The fourth-order valence-corrected chi connectivity index (χ4v) is 2.58. The van der Waals surface area contributed by atoms with E-state index in [9.17, 15) is 14.4 Å². The number of esters is 1. The van der Waals surface area contributed by atoms with Crippen molar-refractivity contribution in [3.63, 3.8) is 0 Å². The van der Waals surface area contributed by atoms with Crippen molar-refractivity contribution >= 4 is 23.5 Å². The van der Waals surface area contributed by atoms with E-state index in [0.717, 1.165) is 0 Å². The number of nitrogens with zero attached hydrogens (tertiary/aromatic N) is 1. The summed E-state index contributed by atoms with van der Waals surface area (Å²) in [5.41, 5.74) is 5.56. The number of hydrogen-bond acceptors (Lipinski definition) is 6. The Morgan fingerprint density at radius 3 is 2.74 bits per heavy atom. The summed E-state index contributed by atoms with van der Waals surface area (Å²) in [5, 5.41) is 0. The van der Waals surface area contributed by atoms with Crippen LogP contribution in [0, 0.1) is 5.92 Å². The molecule has 0 radical (unpaired) electrons. The number of carbonyl (C=O) groups excluding carboxylic acids is 3. The molecule has 8 nitrogen and oxygen atoms in total. The van der Waals surface area contributed by atoms with Crippen LogP contribution in [-0.4, -0.2) is 44.1 Å². The predicted molar refractivity (Wildman–Crippen MR) is 78.0 cm³/mol. The van der Waals surface area contributed by atoms with Gasteiger partial charge in [-0.2, -0.15) is 0 Å². The van der Waals surface area contributed by atoms with Crippen molar-refractivity contribution in [2.45, 2.75) is 6.42 Å². The maximum atomic E-state index is 12.2. The number of nitrogens with two attached hydrogens (primary N) is 1. The van der Waals surface area contributed by atoms with Crippen molar-refractivity contribution < 1.29 is 28.6 Å². The summed E-state index contributed by atoms with van der Waals surface area (Å²) in [7, 11) is 0. The summed E-state index contributed by atoms with van der Waals surface area (Å²) >= 11 is 0. The molecule has 1 saturated heterocycles. The zero-order chi connectivity index (χ0) is 16.4. The largest absolute Gasteiger partial charge is 0.486 e. The number of anilines is 1. The average molecular weight is 320 g/mol. The third kappa shape index (κ3) is 3.20. The van der Waals surface area contributed by atoms with E-state index >= 15 is 0 Å². The molecule has 1 atom stereocenters. The molecule has 0 spiro atoms. The lowest BCUT2D eigenvalue weighted by Gasteiger charge is -2.22. The van der Waals surface area contributed by atoms with Gasteiger partial charge in [0, 0.05) is 24.7 Å². The molecule has 0 aliphatic carbocycles. The van der Waals surface area contributed by atoms with Crippen LogP contribution in [0.4, 0.5) is 5.69 Å². The minimum atomic E-state index is -0.730. The maximum Gasteiger partial charge on any atom is 0.311 e. The van der Waals surface area contributed by atoms with Gasteiger partial charge in [0.2, 0.25) is 5.91 Å². The topological polar surface area (TPSA) is 108 Å². The smallest absolute Gasteiger partial charge is 0.311 e. The van der Waals surface area contributed by atoms with E-state index in [1.807, 2.05) is 0 Å². The van der Waals surface area contributed by atoms with Crippen LogP contribution in [0.5, 0.6) is 11.5 Å². The Kier molecular flexibility index (Phi) is 4.05. The Morgan fingerprint density at radius 1 is 1.26 bits per heavy atom. The van der Waals surface area contributed by atoms with Gasteiger partial charge in [-0.25, -0.2) is 0 Å². The molecule has 2 N–H and O–H groups in total. The van der Waals surface area contributed by atoms with Crippen LogP contribution in [0.1, 0.15) is 6.42 Å². The zero-order valence-corrected chi connectivity index (χ0v) is 12.3. The maximum absolute atomic E-state index is 12.2. The van der Waals surface area contributed by atoms with Crippen molar-refractivity contribution in [3.05, 3.63) is 18.2 Å². The van der Waals surface area contributed by atoms with Gasteiger partial charge in [-0.1, -0.05) is 0 Å². The summed E-state index contributed by atoms with van der Waals surface area (Å²) in [4.78, 5) is 36.1. The Bertz CT molecular complexity index is 659. The number of hydrogen-bond donors (Lipinski definition) is 1. The third-order valence-corrected chi connectivity index (χ3v) is 3.65. The van der Waals surface area contributed by atoms with Gasteiger partial charge in [-0.05, 0) is 12.1 Å². The summed E-state index contributed by atoms with van der Waals surface area (Å²) < 4.78 is 15.7. The van der Waals surface area contributed by atoms with Crippen LogP contribution in [0.3, 0.4) is 0 Å². The highest BCUT2D eigenvalue weighted by atomic mass is 16.6. The van der Waals surface area contributed by atoms with Crippen LogP contribution in [0.15, 0.2) is 18.2 Å². The van der Waals surface area contributed by atoms with Crippen LogP contribution in [-0.2, 0) is 19.1 Å². The first-order valence-electron chi connectivity index (χ1n) is 7.19. The van der Waals surface area contributed by atoms with Crippen LogP contribution >= 0.6 is 0 Å².